The van der Waals surface area contributed by atoms with Crippen molar-refractivity contribution in [3.05, 3.63) is 65.7 Å². The lowest BCUT2D eigenvalue weighted by molar-refractivity contribution is 0.466. The molecule has 0 radical (unpaired) electrons. The van der Waals surface area contributed by atoms with Crippen LogP contribution in [0.4, 0.5) is 0 Å². The van der Waals surface area contributed by atoms with Crippen LogP contribution in [0.3, 0.4) is 0 Å². The first-order valence-corrected chi connectivity index (χ1v) is 5.12. The molecule has 0 aliphatic rings. The maximum atomic E-state index is 9.74. The summed E-state index contributed by atoms with van der Waals surface area (Å²) in [5.41, 5.74) is 2.20. The zero-order valence-corrected chi connectivity index (χ0v) is 8.72. The Balaban J connectivity index is 2.37. The van der Waals surface area contributed by atoms with E-state index in [-0.39, 0.29) is 5.92 Å². The van der Waals surface area contributed by atoms with Crippen molar-refractivity contribution in [2.75, 3.05) is 0 Å². The van der Waals surface area contributed by atoms with E-state index in [1.807, 2.05) is 36.4 Å². The number of para-hydroxylation sites is 1. The van der Waals surface area contributed by atoms with Crippen molar-refractivity contribution in [1.29, 1.82) is 0 Å². The van der Waals surface area contributed by atoms with Gasteiger partial charge in [-0.05, 0) is 11.6 Å². The highest BCUT2D eigenvalue weighted by atomic mass is 16.3. The van der Waals surface area contributed by atoms with Crippen LogP contribution in [0.25, 0.3) is 0 Å². The summed E-state index contributed by atoms with van der Waals surface area (Å²) in [5.74, 6) is 0.598. The molecule has 0 spiro atoms. The van der Waals surface area contributed by atoms with Gasteiger partial charge in [0, 0.05) is 11.5 Å². The minimum atomic E-state index is 0.229. The van der Waals surface area contributed by atoms with Gasteiger partial charge >= 0.3 is 0 Å². The largest absolute Gasteiger partial charge is 0.508 e. The van der Waals surface area contributed by atoms with Crippen LogP contribution >= 0.6 is 0 Å². The molecule has 0 aliphatic carbocycles. The van der Waals surface area contributed by atoms with Crippen molar-refractivity contribution in [1.82, 2.24) is 0 Å². The SMILES string of the molecule is CC(c1ccccc1)c1ccccc1O. The zero-order chi connectivity index (χ0) is 10.7. The van der Waals surface area contributed by atoms with Gasteiger partial charge in [0.2, 0.25) is 0 Å². The monoisotopic (exact) mass is 198 g/mol. The lowest BCUT2D eigenvalue weighted by atomic mass is 9.93. The molecule has 1 heteroatoms. The molecule has 0 aromatic heterocycles. The fourth-order valence-corrected chi connectivity index (χ4v) is 1.77. The first-order valence-electron chi connectivity index (χ1n) is 5.12. The van der Waals surface area contributed by atoms with Gasteiger partial charge in [0.1, 0.15) is 5.75 Å². The summed E-state index contributed by atoms with van der Waals surface area (Å²) in [5, 5.41) is 9.74. The number of hydrogen-bond acceptors (Lipinski definition) is 1. The van der Waals surface area contributed by atoms with E-state index in [1.54, 1.807) is 6.07 Å². The number of benzene rings is 2. The molecule has 1 N–H and O–H groups in total. The molecule has 1 nitrogen and oxygen atoms in total. The Morgan fingerprint density at radius 2 is 1.47 bits per heavy atom. The van der Waals surface area contributed by atoms with Gasteiger partial charge in [0.15, 0.2) is 0 Å². The van der Waals surface area contributed by atoms with Crippen LogP contribution in [0.5, 0.6) is 5.75 Å². The highest BCUT2D eigenvalue weighted by Crippen LogP contribution is 2.30. The van der Waals surface area contributed by atoms with Crippen molar-refractivity contribution in [3.63, 3.8) is 0 Å². The van der Waals surface area contributed by atoms with Gasteiger partial charge in [-0.2, -0.15) is 0 Å². The van der Waals surface area contributed by atoms with Crippen LogP contribution in [-0.4, -0.2) is 5.11 Å². The molecule has 2 aromatic rings. The van der Waals surface area contributed by atoms with Gasteiger partial charge in [0.05, 0.1) is 0 Å². The minimum absolute atomic E-state index is 0.229. The Morgan fingerprint density at radius 3 is 2.13 bits per heavy atom. The van der Waals surface area contributed by atoms with Crippen LogP contribution in [-0.2, 0) is 0 Å². The Bertz CT molecular complexity index is 434. The number of phenols is 1. The van der Waals surface area contributed by atoms with Crippen LogP contribution < -0.4 is 0 Å². The van der Waals surface area contributed by atoms with E-state index in [4.69, 9.17) is 0 Å². The van der Waals surface area contributed by atoms with Gasteiger partial charge in [-0.1, -0.05) is 55.5 Å². The summed E-state index contributed by atoms with van der Waals surface area (Å²) >= 11 is 0. The minimum Gasteiger partial charge on any atom is -0.508 e. The third-order valence-corrected chi connectivity index (χ3v) is 2.70. The molecule has 0 amide bonds. The van der Waals surface area contributed by atoms with E-state index < -0.39 is 0 Å². The van der Waals surface area contributed by atoms with E-state index in [0.717, 1.165) is 5.56 Å². The third-order valence-electron chi connectivity index (χ3n) is 2.70. The first-order chi connectivity index (χ1) is 7.29. The second-order valence-electron chi connectivity index (χ2n) is 3.69. The van der Waals surface area contributed by atoms with Crippen LogP contribution in [0, 0.1) is 0 Å². The van der Waals surface area contributed by atoms with Crippen molar-refractivity contribution in [2.24, 2.45) is 0 Å². The average Bonchev–Trinajstić information content (AvgIpc) is 2.30. The fraction of sp³-hybridized carbons (Fsp3) is 0.143. The molecule has 1 unspecified atom stereocenters. The Morgan fingerprint density at radius 1 is 0.867 bits per heavy atom. The molecule has 2 rings (SSSR count). The lowest BCUT2D eigenvalue weighted by Crippen LogP contribution is -1.95. The normalized spacial score (nSPS) is 12.3. The topological polar surface area (TPSA) is 20.2 Å². The maximum absolute atomic E-state index is 9.74. The third kappa shape index (κ3) is 2.01. The van der Waals surface area contributed by atoms with Gasteiger partial charge in [-0.3, -0.25) is 0 Å². The summed E-state index contributed by atoms with van der Waals surface area (Å²) in [4.78, 5) is 0. The first kappa shape index (κ1) is 9.78. The Labute approximate surface area is 90.0 Å². The molecular formula is C14H14O. The molecule has 1 atom stereocenters. The highest BCUT2D eigenvalue weighted by molar-refractivity contribution is 5.40. The second kappa shape index (κ2) is 4.18. The smallest absolute Gasteiger partial charge is 0.119 e. The fourth-order valence-electron chi connectivity index (χ4n) is 1.77. The zero-order valence-electron chi connectivity index (χ0n) is 8.72. The lowest BCUT2D eigenvalue weighted by Gasteiger charge is -2.13. The maximum Gasteiger partial charge on any atom is 0.119 e. The van der Waals surface area contributed by atoms with Gasteiger partial charge in [0.25, 0.3) is 0 Å². The van der Waals surface area contributed by atoms with Crippen LogP contribution in [0.15, 0.2) is 54.6 Å². The number of aromatic hydroxyl groups is 1. The Kier molecular flexibility index (Phi) is 2.72. The highest BCUT2D eigenvalue weighted by Gasteiger charge is 2.10. The van der Waals surface area contributed by atoms with Crippen molar-refractivity contribution in [3.8, 4) is 5.75 Å². The number of rotatable bonds is 2. The van der Waals surface area contributed by atoms with Crippen LogP contribution in [0.2, 0.25) is 0 Å². The molecule has 15 heavy (non-hydrogen) atoms. The molecule has 0 fully saturated rings. The number of hydrogen-bond donors (Lipinski definition) is 1. The van der Waals surface area contributed by atoms with E-state index in [1.165, 1.54) is 5.56 Å². The predicted octanol–water partition coefficient (Wildman–Crippen LogP) is 3.54. The molecule has 0 heterocycles. The van der Waals surface area contributed by atoms with Crippen molar-refractivity contribution < 1.29 is 5.11 Å². The van der Waals surface area contributed by atoms with E-state index in [2.05, 4.69) is 19.1 Å². The van der Waals surface area contributed by atoms with E-state index in [9.17, 15) is 5.11 Å². The predicted molar refractivity (Wildman–Crippen MR) is 62.1 cm³/mol. The molecule has 2 aromatic carbocycles. The molecule has 0 bridgehead atoms. The molecule has 0 saturated carbocycles. The molecule has 0 saturated heterocycles. The second-order valence-corrected chi connectivity index (χ2v) is 3.69. The molecular weight excluding hydrogens is 184 g/mol. The molecule has 0 aliphatic heterocycles. The van der Waals surface area contributed by atoms with Crippen molar-refractivity contribution in [2.45, 2.75) is 12.8 Å². The average molecular weight is 198 g/mol. The number of phenolic OH excluding ortho intramolecular Hbond substituents is 1. The summed E-state index contributed by atoms with van der Waals surface area (Å²) in [6, 6.07) is 17.7. The van der Waals surface area contributed by atoms with Gasteiger partial charge < -0.3 is 5.11 Å². The summed E-state index contributed by atoms with van der Waals surface area (Å²) in [6.07, 6.45) is 0. The summed E-state index contributed by atoms with van der Waals surface area (Å²) in [7, 11) is 0. The Hall–Kier alpha value is -1.76. The molecule has 76 valence electrons. The quantitative estimate of drug-likeness (QED) is 0.782. The summed E-state index contributed by atoms with van der Waals surface area (Å²) < 4.78 is 0. The summed E-state index contributed by atoms with van der Waals surface area (Å²) in [6.45, 7) is 2.10. The van der Waals surface area contributed by atoms with Crippen molar-refractivity contribution >= 4 is 0 Å². The standard InChI is InChI=1S/C14H14O/c1-11(12-7-3-2-4-8-12)13-9-5-6-10-14(13)15/h2-11,15H,1H3. The van der Waals surface area contributed by atoms with Gasteiger partial charge in [-0.25, -0.2) is 0 Å². The van der Waals surface area contributed by atoms with E-state index >= 15 is 0 Å². The van der Waals surface area contributed by atoms with Crippen LogP contribution in [0.1, 0.15) is 24.0 Å². The van der Waals surface area contributed by atoms with Gasteiger partial charge in [-0.15, -0.1) is 0 Å². The van der Waals surface area contributed by atoms with E-state index in [0.29, 0.717) is 5.75 Å².